The first-order valence-corrected chi connectivity index (χ1v) is 8.09. The zero-order chi connectivity index (χ0) is 18.2. The zero-order valence-electron chi connectivity index (χ0n) is 14.9. The molecule has 24 heavy (non-hydrogen) atoms. The SMILES string of the molecule is CC(=O)[C@@H]1C(=O)C[C@@](C)(O)[C@H](C(C)=O)[C@@H]1c1ccc(N(C)C)cc1. The van der Waals surface area contributed by atoms with E-state index in [1.54, 1.807) is 0 Å². The minimum Gasteiger partial charge on any atom is -0.389 e. The van der Waals surface area contributed by atoms with Gasteiger partial charge in [0.15, 0.2) is 0 Å². The number of benzene rings is 1. The second kappa shape index (κ2) is 6.48. The van der Waals surface area contributed by atoms with Gasteiger partial charge in [0.1, 0.15) is 17.3 Å². The number of hydrogen-bond donors (Lipinski definition) is 1. The van der Waals surface area contributed by atoms with Crippen LogP contribution < -0.4 is 4.90 Å². The lowest BCUT2D eigenvalue weighted by Gasteiger charge is -2.44. The van der Waals surface area contributed by atoms with Crippen LogP contribution >= 0.6 is 0 Å². The number of ketones is 3. The highest BCUT2D eigenvalue weighted by atomic mass is 16.3. The molecule has 1 aliphatic carbocycles. The Bertz CT molecular complexity index is 660. The minimum absolute atomic E-state index is 0.173. The zero-order valence-corrected chi connectivity index (χ0v) is 14.9. The monoisotopic (exact) mass is 331 g/mol. The highest BCUT2D eigenvalue weighted by molar-refractivity contribution is 6.05. The van der Waals surface area contributed by atoms with Gasteiger partial charge in [0, 0.05) is 32.1 Å². The highest BCUT2D eigenvalue weighted by Crippen LogP contribution is 2.46. The average Bonchev–Trinajstić information content (AvgIpc) is 2.44. The molecule has 0 saturated heterocycles. The van der Waals surface area contributed by atoms with Crippen molar-refractivity contribution in [1.82, 2.24) is 0 Å². The molecular formula is C19H25NO4. The van der Waals surface area contributed by atoms with Crippen molar-refractivity contribution in [3.63, 3.8) is 0 Å². The van der Waals surface area contributed by atoms with Crippen molar-refractivity contribution in [3.8, 4) is 0 Å². The summed E-state index contributed by atoms with van der Waals surface area (Å²) in [6, 6.07) is 7.44. The smallest absolute Gasteiger partial charge is 0.146 e. The third-order valence-electron chi connectivity index (χ3n) is 4.94. The van der Waals surface area contributed by atoms with Crippen LogP contribution in [0.4, 0.5) is 5.69 Å². The molecule has 0 aliphatic heterocycles. The van der Waals surface area contributed by atoms with Crippen LogP contribution in [0.3, 0.4) is 0 Å². The molecule has 1 fully saturated rings. The van der Waals surface area contributed by atoms with E-state index in [1.165, 1.54) is 20.8 Å². The molecule has 0 spiro atoms. The van der Waals surface area contributed by atoms with Gasteiger partial charge in [0.05, 0.1) is 17.4 Å². The number of rotatable bonds is 4. The van der Waals surface area contributed by atoms with E-state index in [9.17, 15) is 19.5 Å². The molecule has 0 unspecified atom stereocenters. The lowest BCUT2D eigenvalue weighted by Crippen LogP contribution is -2.53. The molecular weight excluding hydrogens is 306 g/mol. The van der Waals surface area contributed by atoms with Crippen molar-refractivity contribution < 1.29 is 19.5 Å². The van der Waals surface area contributed by atoms with Crippen LogP contribution in [0.1, 0.15) is 38.7 Å². The van der Waals surface area contributed by atoms with E-state index in [4.69, 9.17) is 0 Å². The van der Waals surface area contributed by atoms with Crippen molar-refractivity contribution in [2.75, 3.05) is 19.0 Å². The fourth-order valence-corrected chi connectivity index (χ4v) is 3.90. The first kappa shape index (κ1) is 18.3. The molecule has 1 saturated carbocycles. The molecule has 2 rings (SSSR count). The van der Waals surface area contributed by atoms with E-state index in [-0.39, 0.29) is 23.8 Å². The van der Waals surface area contributed by atoms with Crippen LogP contribution in [0, 0.1) is 11.8 Å². The first-order valence-electron chi connectivity index (χ1n) is 8.09. The molecule has 0 bridgehead atoms. The third kappa shape index (κ3) is 3.26. The molecule has 1 N–H and O–H groups in total. The number of Topliss-reactive ketones (excluding diaryl/α,β-unsaturated/α-hetero) is 3. The Morgan fingerprint density at radius 3 is 2.08 bits per heavy atom. The quantitative estimate of drug-likeness (QED) is 0.854. The molecule has 0 radical (unpaired) electrons. The van der Waals surface area contributed by atoms with Crippen LogP contribution in [-0.2, 0) is 14.4 Å². The standard InChI is InChI=1S/C19H25NO4/c1-11(21)16-15(23)10-19(3,24)18(12(2)22)17(16)13-6-8-14(9-7-13)20(4)5/h6-9,16-18,24H,10H2,1-5H3/t16-,17-,18-,19-/m1/s1. The Balaban J connectivity index is 2.58. The van der Waals surface area contributed by atoms with E-state index in [1.807, 2.05) is 43.3 Å². The summed E-state index contributed by atoms with van der Waals surface area (Å²) in [4.78, 5) is 38.8. The van der Waals surface area contributed by atoms with Gasteiger partial charge in [-0.3, -0.25) is 14.4 Å². The maximum Gasteiger partial charge on any atom is 0.146 e. The second-order valence-electron chi connectivity index (χ2n) is 7.19. The van der Waals surface area contributed by atoms with Crippen LogP contribution in [0.2, 0.25) is 0 Å². The molecule has 0 aromatic heterocycles. The summed E-state index contributed by atoms with van der Waals surface area (Å²) in [5.74, 6) is -3.07. The van der Waals surface area contributed by atoms with Crippen molar-refractivity contribution in [2.45, 2.75) is 38.7 Å². The summed E-state index contributed by atoms with van der Waals surface area (Å²) >= 11 is 0. The van der Waals surface area contributed by atoms with Crippen LogP contribution in [0.5, 0.6) is 0 Å². The Morgan fingerprint density at radius 2 is 1.67 bits per heavy atom. The Hall–Kier alpha value is -2.01. The van der Waals surface area contributed by atoms with E-state index >= 15 is 0 Å². The highest BCUT2D eigenvalue weighted by Gasteiger charge is 2.53. The van der Waals surface area contributed by atoms with Crippen molar-refractivity contribution in [2.24, 2.45) is 11.8 Å². The number of hydrogen-bond acceptors (Lipinski definition) is 5. The maximum absolute atomic E-state index is 12.5. The summed E-state index contributed by atoms with van der Waals surface area (Å²) in [5, 5.41) is 10.7. The topological polar surface area (TPSA) is 74.7 Å². The number of nitrogens with zero attached hydrogens (tertiary/aromatic N) is 1. The van der Waals surface area contributed by atoms with E-state index in [0.717, 1.165) is 11.3 Å². The van der Waals surface area contributed by atoms with Crippen LogP contribution in [0.15, 0.2) is 24.3 Å². The van der Waals surface area contributed by atoms with Crippen molar-refractivity contribution in [1.29, 1.82) is 0 Å². The van der Waals surface area contributed by atoms with Crippen LogP contribution in [-0.4, -0.2) is 42.2 Å². The number of anilines is 1. The molecule has 0 heterocycles. The molecule has 1 aromatic carbocycles. The third-order valence-corrected chi connectivity index (χ3v) is 4.94. The first-order chi connectivity index (χ1) is 11.1. The minimum atomic E-state index is -1.44. The number of aliphatic hydroxyl groups is 1. The maximum atomic E-state index is 12.5. The predicted molar refractivity (Wildman–Crippen MR) is 92.1 cm³/mol. The summed E-state index contributed by atoms with van der Waals surface area (Å²) in [6.07, 6.45) is -0.173. The molecule has 5 nitrogen and oxygen atoms in total. The lowest BCUT2D eigenvalue weighted by molar-refractivity contribution is -0.151. The van der Waals surface area contributed by atoms with Crippen molar-refractivity contribution in [3.05, 3.63) is 29.8 Å². The Labute approximate surface area is 142 Å². The lowest BCUT2D eigenvalue weighted by atomic mass is 9.60. The van der Waals surface area contributed by atoms with Gasteiger partial charge in [-0.25, -0.2) is 0 Å². The Kier molecular flexibility index (Phi) is 4.95. The molecule has 0 amide bonds. The summed E-state index contributed by atoms with van der Waals surface area (Å²) in [5.41, 5.74) is 0.264. The van der Waals surface area contributed by atoms with Gasteiger partial charge in [-0.1, -0.05) is 12.1 Å². The molecule has 4 atom stereocenters. The van der Waals surface area contributed by atoms with Gasteiger partial charge in [-0.15, -0.1) is 0 Å². The van der Waals surface area contributed by atoms with Crippen molar-refractivity contribution >= 4 is 23.0 Å². The van der Waals surface area contributed by atoms with Gasteiger partial charge in [0.25, 0.3) is 0 Å². The van der Waals surface area contributed by atoms with E-state index < -0.39 is 23.4 Å². The van der Waals surface area contributed by atoms with Gasteiger partial charge in [0.2, 0.25) is 0 Å². The Morgan fingerprint density at radius 1 is 1.12 bits per heavy atom. The summed E-state index contributed by atoms with van der Waals surface area (Å²) in [6.45, 7) is 4.29. The number of carbonyl (C=O) groups excluding carboxylic acids is 3. The van der Waals surface area contributed by atoms with Gasteiger partial charge < -0.3 is 10.0 Å². The average molecular weight is 331 g/mol. The fraction of sp³-hybridized carbons (Fsp3) is 0.526. The van der Waals surface area contributed by atoms with Gasteiger partial charge in [-0.05, 0) is 38.5 Å². The fourth-order valence-electron chi connectivity index (χ4n) is 3.90. The number of carbonyl (C=O) groups is 3. The van der Waals surface area contributed by atoms with E-state index in [0.29, 0.717) is 0 Å². The molecule has 1 aliphatic rings. The predicted octanol–water partition coefficient (Wildman–Crippen LogP) is 1.97. The molecule has 130 valence electrons. The van der Waals surface area contributed by atoms with E-state index in [2.05, 4.69) is 0 Å². The second-order valence-corrected chi connectivity index (χ2v) is 7.19. The van der Waals surface area contributed by atoms with Gasteiger partial charge in [-0.2, -0.15) is 0 Å². The largest absolute Gasteiger partial charge is 0.389 e. The van der Waals surface area contributed by atoms with Crippen LogP contribution in [0.25, 0.3) is 0 Å². The summed E-state index contributed by atoms with van der Waals surface area (Å²) in [7, 11) is 3.83. The van der Waals surface area contributed by atoms with Gasteiger partial charge >= 0.3 is 0 Å². The molecule has 5 heteroatoms. The summed E-state index contributed by atoms with van der Waals surface area (Å²) < 4.78 is 0. The molecule has 1 aromatic rings. The normalized spacial score (nSPS) is 30.1.